The number of carbonyl (C=O) groups is 1. The zero-order valence-corrected chi connectivity index (χ0v) is 13.9. The van der Waals surface area contributed by atoms with E-state index in [9.17, 15) is 4.79 Å². The average molecular weight is 341 g/mol. The smallest absolute Gasteiger partial charge is 0.244 e. The Hall–Kier alpha value is -2.81. The van der Waals surface area contributed by atoms with Gasteiger partial charge in [0.15, 0.2) is 5.82 Å². The summed E-state index contributed by atoms with van der Waals surface area (Å²) >= 11 is 0. The molecule has 2 aromatic heterocycles. The number of fused-ring (bicyclic) bond motifs is 1. The number of nitrogens with zero attached hydrogens (tertiary/aromatic N) is 7. The first-order chi connectivity index (χ1) is 12.3. The molecule has 25 heavy (non-hydrogen) atoms. The minimum atomic E-state index is -0.257. The van der Waals surface area contributed by atoms with Gasteiger partial charge in [-0.15, -0.1) is 15.3 Å². The van der Waals surface area contributed by atoms with Gasteiger partial charge in [-0.25, -0.2) is 4.68 Å². The maximum atomic E-state index is 12.7. The summed E-state index contributed by atoms with van der Waals surface area (Å²) in [5.74, 6) is 0.748. The molecule has 1 amide bonds. The Labute approximate surface area is 144 Å². The maximum absolute atomic E-state index is 12.7. The second kappa shape index (κ2) is 6.60. The van der Waals surface area contributed by atoms with Crippen LogP contribution in [0, 0.1) is 0 Å². The van der Waals surface area contributed by atoms with E-state index >= 15 is 0 Å². The predicted octanol–water partition coefficient (Wildman–Crippen LogP) is 0.643. The molecule has 3 aromatic rings. The van der Waals surface area contributed by atoms with Crippen LogP contribution in [0.1, 0.15) is 18.9 Å². The number of amides is 1. The van der Waals surface area contributed by atoms with Crippen LogP contribution in [-0.2, 0) is 22.6 Å². The van der Waals surface area contributed by atoms with Crippen LogP contribution in [0.5, 0.6) is 0 Å². The fourth-order valence-corrected chi connectivity index (χ4v) is 3.05. The minimum absolute atomic E-state index is 0.00785. The number of morpholine rings is 1. The number of aromatic nitrogens is 6. The molecule has 1 saturated heterocycles. The zero-order valence-electron chi connectivity index (χ0n) is 13.9. The van der Waals surface area contributed by atoms with E-state index < -0.39 is 0 Å². The lowest BCUT2D eigenvalue weighted by atomic mass is 10.2. The minimum Gasteiger partial charge on any atom is -0.366 e. The second-order valence-electron chi connectivity index (χ2n) is 5.91. The first-order valence-corrected chi connectivity index (χ1v) is 8.31. The zero-order chi connectivity index (χ0) is 17.2. The Morgan fingerprint density at radius 2 is 2.20 bits per heavy atom. The first-order valence-electron chi connectivity index (χ1n) is 8.31. The lowest BCUT2D eigenvalue weighted by Gasteiger charge is -2.32. The molecule has 0 saturated carbocycles. The predicted molar refractivity (Wildman–Crippen MR) is 88.5 cm³/mol. The van der Waals surface area contributed by atoms with Crippen molar-refractivity contribution in [3.05, 3.63) is 36.4 Å². The molecule has 4 rings (SSSR count). The van der Waals surface area contributed by atoms with E-state index in [0.717, 1.165) is 23.4 Å². The molecule has 1 fully saturated rings. The summed E-state index contributed by atoms with van der Waals surface area (Å²) in [7, 11) is 0. The highest BCUT2D eigenvalue weighted by Gasteiger charge is 2.28. The van der Waals surface area contributed by atoms with Crippen LogP contribution in [-0.4, -0.2) is 60.3 Å². The highest BCUT2D eigenvalue weighted by atomic mass is 16.5. The maximum Gasteiger partial charge on any atom is 0.244 e. The Morgan fingerprint density at radius 3 is 3.08 bits per heavy atom. The SMILES string of the molecule is CCn1cnnc1C1CN(C(=O)Cn2nnc3ccccc32)CCO1. The molecule has 0 radical (unpaired) electrons. The van der Waals surface area contributed by atoms with Crippen LogP contribution in [0.25, 0.3) is 11.0 Å². The van der Waals surface area contributed by atoms with Crippen LogP contribution in [0.2, 0.25) is 0 Å². The fraction of sp³-hybridized carbons (Fsp3) is 0.438. The van der Waals surface area contributed by atoms with Gasteiger partial charge < -0.3 is 14.2 Å². The Kier molecular flexibility index (Phi) is 4.14. The highest BCUT2D eigenvalue weighted by molar-refractivity contribution is 5.79. The van der Waals surface area contributed by atoms with Crippen molar-refractivity contribution in [2.45, 2.75) is 26.1 Å². The Morgan fingerprint density at radius 1 is 1.32 bits per heavy atom. The van der Waals surface area contributed by atoms with E-state index in [1.54, 1.807) is 15.9 Å². The molecule has 1 aromatic carbocycles. The second-order valence-corrected chi connectivity index (χ2v) is 5.91. The van der Waals surface area contributed by atoms with Crippen LogP contribution in [0.3, 0.4) is 0 Å². The summed E-state index contributed by atoms with van der Waals surface area (Å²) in [5, 5.41) is 16.3. The van der Waals surface area contributed by atoms with E-state index in [-0.39, 0.29) is 18.6 Å². The fourth-order valence-electron chi connectivity index (χ4n) is 3.05. The van der Waals surface area contributed by atoms with Crippen molar-refractivity contribution in [2.24, 2.45) is 0 Å². The Bertz CT molecular complexity index is 887. The van der Waals surface area contributed by atoms with Crippen molar-refractivity contribution in [2.75, 3.05) is 19.7 Å². The largest absolute Gasteiger partial charge is 0.366 e. The highest BCUT2D eigenvalue weighted by Crippen LogP contribution is 2.21. The van der Waals surface area contributed by atoms with Crippen molar-refractivity contribution >= 4 is 16.9 Å². The average Bonchev–Trinajstić information content (AvgIpc) is 3.29. The monoisotopic (exact) mass is 341 g/mol. The molecule has 1 atom stereocenters. The number of hydrogen-bond acceptors (Lipinski definition) is 6. The van der Waals surface area contributed by atoms with Gasteiger partial charge >= 0.3 is 0 Å². The van der Waals surface area contributed by atoms with E-state index in [1.807, 2.05) is 35.8 Å². The summed E-state index contributed by atoms with van der Waals surface area (Å²) in [4.78, 5) is 14.5. The van der Waals surface area contributed by atoms with Crippen LogP contribution in [0.15, 0.2) is 30.6 Å². The summed E-state index contributed by atoms with van der Waals surface area (Å²) in [6.07, 6.45) is 1.42. The molecule has 0 N–H and O–H groups in total. The lowest BCUT2D eigenvalue weighted by Crippen LogP contribution is -2.44. The van der Waals surface area contributed by atoms with Gasteiger partial charge in [-0.05, 0) is 19.1 Å². The molecule has 1 unspecified atom stereocenters. The summed E-state index contributed by atoms with van der Waals surface area (Å²) in [6.45, 7) is 4.45. The first kappa shape index (κ1) is 15.7. The van der Waals surface area contributed by atoms with Gasteiger partial charge in [0.05, 0.1) is 18.7 Å². The number of aryl methyl sites for hydroxylation is 1. The summed E-state index contributed by atoms with van der Waals surface area (Å²) in [6, 6.07) is 7.61. The molecule has 1 aliphatic rings. The van der Waals surface area contributed by atoms with Gasteiger partial charge in [-0.3, -0.25) is 4.79 Å². The van der Waals surface area contributed by atoms with E-state index in [1.165, 1.54) is 0 Å². The third-order valence-corrected chi connectivity index (χ3v) is 4.40. The standard InChI is InChI=1S/C16H19N7O2/c1-2-21-11-17-19-16(21)14-9-22(7-8-25-14)15(24)10-23-13-6-4-3-5-12(13)18-20-23/h3-6,11,14H,2,7-10H2,1H3. The molecule has 9 heteroatoms. The number of rotatable bonds is 4. The molecule has 1 aliphatic heterocycles. The molecule has 0 spiro atoms. The summed E-state index contributed by atoms with van der Waals surface area (Å²) < 4.78 is 9.37. The van der Waals surface area contributed by atoms with Crippen molar-refractivity contribution in [1.82, 2.24) is 34.7 Å². The molecule has 0 aliphatic carbocycles. The molecular formula is C16H19N7O2. The quantitative estimate of drug-likeness (QED) is 0.692. The number of ether oxygens (including phenoxy) is 1. The lowest BCUT2D eigenvalue weighted by molar-refractivity contribution is -0.140. The van der Waals surface area contributed by atoms with Crippen molar-refractivity contribution in [1.29, 1.82) is 0 Å². The van der Waals surface area contributed by atoms with E-state index in [0.29, 0.717) is 19.7 Å². The van der Waals surface area contributed by atoms with Crippen LogP contribution < -0.4 is 0 Å². The van der Waals surface area contributed by atoms with Crippen molar-refractivity contribution < 1.29 is 9.53 Å². The van der Waals surface area contributed by atoms with Gasteiger partial charge in [0.25, 0.3) is 0 Å². The molecule has 0 bridgehead atoms. The van der Waals surface area contributed by atoms with Gasteiger partial charge in [-0.2, -0.15) is 0 Å². The van der Waals surface area contributed by atoms with E-state index in [4.69, 9.17) is 4.74 Å². The third kappa shape index (κ3) is 2.98. The number of hydrogen-bond donors (Lipinski definition) is 0. The number of benzene rings is 1. The van der Waals surface area contributed by atoms with Gasteiger partial charge in [0, 0.05) is 13.1 Å². The van der Waals surface area contributed by atoms with Crippen LogP contribution in [0.4, 0.5) is 0 Å². The number of para-hydroxylation sites is 1. The topological polar surface area (TPSA) is 91.0 Å². The van der Waals surface area contributed by atoms with Crippen molar-refractivity contribution in [3.63, 3.8) is 0 Å². The molecule has 130 valence electrons. The van der Waals surface area contributed by atoms with Gasteiger partial charge in [-0.1, -0.05) is 17.3 Å². The normalized spacial score (nSPS) is 18.0. The van der Waals surface area contributed by atoms with Crippen LogP contribution >= 0.6 is 0 Å². The van der Waals surface area contributed by atoms with Gasteiger partial charge in [0.2, 0.25) is 5.91 Å². The summed E-state index contributed by atoms with van der Waals surface area (Å²) in [5.41, 5.74) is 1.64. The number of carbonyl (C=O) groups excluding carboxylic acids is 1. The molecule has 9 nitrogen and oxygen atoms in total. The molecule has 3 heterocycles. The Balaban J connectivity index is 1.48. The van der Waals surface area contributed by atoms with Crippen molar-refractivity contribution in [3.8, 4) is 0 Å². The molecular weight excluding hydrogens is 322 g/mol. The van der Waals surface area contributed by atoms with E-state index in [2.05, 4.69) is 20.5 Å². The van der Waals surface area contributed by atoms with Gasteiger partial charge in [0.1, 0.15) is 24.5 Å². The third-order valence-electron chi connectivity index (χ3n) is 4.40.